The molecular weight excluding hydrogens is 259 g/mol. The smallest absolute Gasteiger partial charge is 0.127 e. The first-order valence-electron chi connectivity index (χ1n) is 4.87. The highest BCUT2D eigenvalue weighted by Crippen LogP contribution is 2.16. The molecule has 0 aliphatic carbocycles. The molecule has 84 valence electrons. The summed E-state index contributed by atoms with van der Waals surface area (Å²) >= 11 is 3.33. The zero-order valence-corrected chi connectivity index (χ0v) is 10.6. The summed E-state index contributed by atoms with van der Waals surface area (Å²) < 4.78 is 14.3. The maximum Gasteiger partial charge on any atom is 0.127 e. The van der Waals surface area contributed by atoms with E-state index in [1.807, 2.05) is 18.9 Å². The van der Waals surface area contributed by atoms with Gasteiger partial charge in [0.25, 0.3) is 0 Å². The lowest BCUT2D eigenvalue weighted by Gasteiger charge is -2.19. The summed E-state index contributed by atoms with van der Waals surface area (Å²) in [6.45, 7) is 3.27. The number of nitrogens with two attached hydrogens (primary N) is 1. The Morgan fingerprint density at radius 3 is 2.80 bits per heavy atom. The Kier molecular flexibility index (Phi) is 4.70. The Balaban J connectivity index is 2.67. The third-order valence-electron chi connectivity index (χ3n) is 2.05. The fourth-order valence-electron chi connectivity index (χ4n) is 1.51. The van der Waals surface area contributed by atoms with Crippen LogP contribution in [0.5, 0.6) is 0 Å². The van der Waals surface area contributed by atoms with E-state index in [1.165, 1.54) is 6.07 Å². The maximum atomic E-state index is 13.4. The fraction of sp³-hybridized carbons (Fsp3) is 0.455. The molecule has 0 saturated carbocycles. The van der Waals surface area contributed by atoms with Crippen LogP contribution in [0.1, 0.15) is 12.5 Å². The number of halogens is 2. The molecule has 0 aliphatic heterocycles. The second kappa shape index (κ2) is 5.58. The van der Waals surface area contributed by atoms with Crippen LogP contribution in [0.15, 0.2) is 22.7 Å². The van der Waals surface area contributed by atoms with Crippen LogP contribution in [-0.4, -0.2) is 24.5 Å². The van der Waals surface area contributed by atoms with E-state index in [4.69, 9.17) is 5.73 Å². The summed E-state index contributed by atoms with van der Waals surface area (Å²) in [5.74, 6) is -0.172. The normalized spacial score (nSPS) is 13.2. The van der Waals surface area contributed by atoms with E-state index in [2.05, 4.69) is 15.9 Å². The second-order valence-corrected chi connectivity index (χ2v) is 4.83. The van der Waals surface area contributed by atoms with Crippen LogP contribution >= 0.6 is 15.9 Å². The van der Waals surface area contributed by atoms with Gasteiger partial charge in [-0.3, -0.25) is 0 Å². The molecule has 0 amide bonds. The molecule has 1 unspecified atom stereocenters. The fourth-order valence-corrected chi connectivity index (χ4v) is 1.92. The molecule has 0 radical (unpaired) electrons. The highest BCUT2D eigenvalue weighted by molar-refractivity contribution is 9.10. The molecule has 2 nitrogen and oxygen atoms in total. The SMILES string of the molecule is CC(N)CN(C)Cc1cc(Br)ccc1F. The minimum absolute atomic E-state index is 0.102. The van der Waals surface area contributed by atoms with Crippen molar-refractivity contribution >= 4 is 15.9 Å². The van der Waals surface area contributed by atoms with E-state index in [1.54, 1.807) is 12.1 Å². The van der Waals surface area contributed by atoms with Gasteiger partial charge in [0.15, 0.2) is 0 Å². The zero-order valence-electron chi connectivity index (χ0n) is 9.00. The Labute approximate surface area is 98.4 Å². The summed E-state index contributed by atoms with van der Waals surface area (Å²) in [5, 5.41) is 0. The molecule has 0 fully saturated rings. The van der Waals surface area contributed by atoms with Gasteiger partial charge in [-0.15, -0.1) is 0 Å². The molecule has 2 N–H and O–H groups in total. The first-order valence-corrected chi connectivity index (χ1v) is 5.66. The van der Waals surface area contributed by atoms with Crippen LogP contribution < -0.4 is 5.73 Å². The first kappa shape index (κ1) is 12.6. The zero-order chi connectivity index (χ0) is 11.4. The second-order valence-electron chi connectivity index (χ2n) is 3.91. The van der Waals surface area contributed by atoms with Crippen molar-refractivity contribution in [1.29, 1.82) is 0 Å². The van der Waals surface area contributed by atoms with E-state index in [0.29, 0.717) is 12.1 Å². The van der Waals surface area contributed by atoms with Gasteiger partial charge in [-0.1, -0.05) is 15.9 Å². The van der Waals surface area contributed by atoms with Crippen molar-refractivity contribution < 1.29 is 4.39 Å². The van der Waals surface area contributed by atoms with Gasteiger partial charge in [0.1, 0.15) is 5.82 Å². The van der Waals surface area contributed by atoms with Crippen LogP contribution in [-0.2, 0) is 6.54 Å². The summed E-state index contributed by atoms with van der Waals surface area (Å²) in [5.41, 5.74) is 6.36. The van der Waals surface area contributed by atoms with Crippen LogP contribution in [0.25, 0.3) is 0 Å². The highest BCUT2D eigenvalue weighted by atomic mass is 79.9. The molecule has 0 aromatic heterocycles. The number of likely N-dealkylation sites (N-methyl/N-ethyl adjacent to an activating group) is 1. The van der Waals surface area contributed by atoms with E-state index < -0.39 is 0 Å². The van der Waals surface area contributed by atoms with Gasteiger partial charge < -0.3 is 10.6 Å². The molecular formula is C11H16BrFN2. The molecule has 0 bridgehead atoms. The maximum absolute atomic E-state index is 13.4. The first-order chi connectivity index (χ1) is 6.99. The third kappa shape index (κ3) is 4.28. The van der Waals surface area contributed by atoms with Crippen molar-refractivity contribution in [3.63, 3.8) is 0 Å². The number of benzene rings is 1. The lowest BCUT2D eigenvalue weighted by molar-refractivity contribution is 0.305. The molecule has 1 aromatic carbocycles. The van der Waals surface area contributed by atoms with Crippen LogP contribution in [0.2, 0.25) is 0 Å². The average Bonchev–Trinajstić information content (AvgIpc) is 2.10. The Morgan fingerprint density at radius 1 is 1.53 bits per heavy atom. The van der Waals surface area contributed by atoms with Crippen LogP contribution in [0.3, 0.4) is 0 Å². The molecule has 1 atom stereocenters. The van der Waals surface area contributed by atoms with Crippen molar-refractivity contribution in [1.82, 2.24) is 4.90 Å². The summed E-state index contributed by atoms with van der Waals surface area (Å²) in [7, 11) is 1.93. The van der Waals surface area contributed by atoms with Crippen molar-refractivity contribution in [2.45, 2.75) is 19.5 Å². The molecule has 1 aromatic rings. The molecule has 15 heavy (non-hydrogen) atoms. The lowest BCUT2D eigenvalue weighted by Crippen LogP contribution is -2.32. The van der Waals surface area contributed by atoms with E-state index in [-0.39, 0.29) is 11.9 Å². The minimum Gasteiger partial charge on any atom is -0.327 e. The van der Waals surface area contributed by atoms with Gasteiger partial charge in [-0.2, -0.15) is 0 Å². The van der Waals surface area contributed by atoms with E-state index >= 15 is 0 Å². The van der Waals surface area contributed by atoms with Gasteiger partial charge in [0.05, 0.1) is 0 Å². The van der Waals surface area contributed by atoms with Gasteiger partial charge in [-0.05, 0) is 32.2 Å². The summed E-state index contributed by atoms with van der Waals surface area (Å²) in [4.78, 5) is 2.01. The molecule has 4 heteroatoms. The van der Waals surface area contributed by atoms with Crippen LogP contribution in [0.4, 0.5) is 4.39 Å². The number of hydrogen-bond donors (Lipinski definition) is 1. The predicted octanol–water partition coefficient (Wildman–Crippen LogP) is 2.37. The van der Waals surface area contributed by atoms with Gasteiger partial charge >= 0.3 is 0 Å². The molecule has 0 saturated heterocycles. The van der Waals surface area contributed by atoms with E-state index in [0.717, 1.165) is 11.0 Å². The van der Waals surface area contributed by atoms with Gasteiger partial charge in [-0.25, -0.2) is 4.39 Å². The summed E-state index contributed by atoms with van der Waals surface area (Å²) in [6.07, 6.45) is 0. The molecule has 0 spiro atoms. The van der Waals surface area contributed by atoms with Gasteiger partial charge in [0, 0.05) is 29.2 Å². The van der Waals surface area contributed by atoms with E-state index in [9.17, 15) is 4.39 Å². The van der Waals surface area contributed by atoms with Crippen molar-refractivity contribution in [2.75, 3.05) is 13.6 Å². The largest absolute Gasteiger partial charge is 0.327 e. The number of rotatable bonds is 4. The van der Waals surface area contributed by atoms with Crippen molar-refractivity contribution in [3.8, 4) is 0 Å². The number of nitrogens with zero attached hydrogens (tertiary/aromatic N) is 1. The van der Waals surface area contributed by atoms with Crippen molar-refractivity contribution in [2.24, 2.45) is 5.73 Å². The predicted molar refractivity (Wildman–Crippen MR) is 64.1 cm³/mol. The minimum atomic E-state index is -0.172. The molecule has 0 aliphatic rings. The van der Waals surface area contributed by atoms with Gasteiger partial charge in [0.2, 0.25) is 0 Å². The third-order valence-corrected chi connectivity index (χ3v) is 2.54. The monoisotopic (exact) mass is 274 g/mol. The highest BCUT2D eigenvalue weighted by Gasteiger charge is 2.07. The molecule has 1 rings (SSSR count). The Morgan fingerprint density at radius 2 is 2.20 bits per heavy atom. The Bertz CT molecular complexity index is 328. The lowest BCUT2D eigenvalue weighted by atomic mass is 10.2. The van der Waals surface area contributed by atoms with Crippen LogP contribution in [0, 0.1) is 5.82 Å². The standard InChI is InChI=1S/C11H16BrFN2/c1-8(14)6-15(2)7-9-5-10(12)3-4-11(9)13/h3-5,8H,6-7,14H2,1-2H3. The topological polar surface area (TPSA) is 29.3 Å². The van der Waals surface area contributed by atoms with Crippen molar-refractivity contribution in [3.05, 3.63) is 34.1 Å². The average molecular weight is 275 g/mol. The Hall–Kier alpha value is -0.450. The molecule has 0 heterocycles. The number of hydrogen-bond acceptors (Lipinski definition) is 2. The quantitative estimate of drug-likeness (QED) is 0.914. The summed E-state index contributed by atoms with van der Waals surface area (Å²) in [6, 6.07) is 5.07.